The average molecular weight is 384 g/mol. The Morgan fingerprint density at radius 2 is 1.96 bits per heavy atom. The fourth-order valence-corrected chi connectivity index (χ4v) is 3.52. The highest BCUT2D eigenvalue weighted by molar-refractivity contribution is 6.01. The zero-order chi connectivity index (χ0) is 19.3. The Morgan fingerprint density at radius 3 is 2.75 bits per heavy atom. The SMILES string of the molecule is O=C(NCC1CCOCC1)C1=COC2=NC(=O)N(Cc3ccccc3)CCN12. The number of nitrogens with zero attached hydrogens (tertiary/aromatic N) is 3. The van der Waals surface area contributed by atoms with Gasteiger partial charge in [-0.25, -0.2) is 4.79 Å². The lowest BCUT2D eigenvalue weighted by Gasteiger charge is -2.24. The number of benzene rings is 1. The third-order valence-corrected chi connectivity index (χ3v) is 5.19. The smallest absolute Gasteiger partial charge is 0.348 e. The number of carbonyl (C=O) groups excluding carboxylic acids is 2. The quantitative estimate of drug-likeness (QED) is 0.835. The molecule has 3 heterocycles. The molecule has 1 fully saturated rings. The summed E-state index contributed by atoms with van der Waals surface area (Å²) in [7, 11) is 0. The Labute approximate surface area is 163 Å². The number of urea groups is 1. The predicted molar refractivity (Wildman–Crippen MR) is 102 cm³/mol. The molecule has 1 N–H and O–H groups in total. The summed E-state index contributed by atoms with van der Waals surface area (Å²) in [6.07, 6.45) is 3.28. The van der Waals surface area contributed by atoms with Crippen molar-refractivity contribution in [2.24, 2.45) is 10.9 Å². The second-order valence-corrected chi connectivity index (χ2v) is 7.12. The van der Waals surface area contributed by atoms with Gasteiger partial charge in [0.15, 0.2) is 0 Å². The van der Waals surface area contributed by atoms with E-state index in [9.17, 15) is 9.59 Å². The number of rotatable bonds is 5. The van der Waals surface area contributed by atoms with E-state index in [0.717, 1.165) is 31.6 Å². The standard InChI is InChI=1S/C20H24N4O4/c25-18(21-12-15-6-10-27-11-7-15)17-14-28-20-22-19(26)23(8-9-24(17)20)13-16-4-2-1-3-5-16/h1-5,14-15H,6-13H2,(H,21,25). The summed E-state index contributed by atoms with van der Waals surface area (Å²) in [6.45, 7) is 3.48. The first-order valence-electron chi connectivity index (χ1n) is 9.62. The Bertz CT molecular complexity index is 787. The van der Waals surface area contributed by atoms with Gasteiger partial charge in [0.25, 0.3) is 5.91 Å². The molecule has 1 aromatic rings. The van der Waals surface area contributed by atoms with E-state index in [1.165, 1.54) is 6.26 Å². The molecule has 0 radical (unpaired) electrons. The highest BCUT2D eigenvalue weighted by Crippen LogP contribution is 2.20. The molecule has 0 aliphatic carbocycles. The van der Waals surface area contributed by atoms with Gasteiger partial charge in [-0.2, -0.15) is 0 Å². The zero-order valence-electron chi connectivity index (χ0n) is 15.7. The number of hydrogen-bond donors (Lipinski definition) is 1. The first-order valence-corrected chi connectivity index (χ1v) is 9.62. The molecule has 0 bridgehead atoms. The fraction of sp³-hybridized carbons (Fsp3) is 0.450. The van der Waals surface area contributed by atoms with Gasteiger partial charge in [-0.15, -0.1) is 4.99 Å². The molecule has 0 spiro atoms. The van der Waals surface area contributed by atoms with Crippen molar-refractivity contribution >= 4 is 18.0 Å². The van der Waals surface area contributed by atoms with Crippen LogP contribution in [0.15, 0.2) is 47.3 Å². The van der Waals surface area contributed by atoms with Crippen molar-refractivity contribution in [2.75, 3.05) is 32.8 Å². The molecule has 0 atom stereocenters. The number of carbonyl (C=O) groups is 2. The number of aliphatic imine (C=N–C) groups is 1. The largest absolute Gasteiger partial charge is 0.431 e. The number of nitrogens with one attached hydrogen (secondary N) is 1. The maximum atomic E-state index is 12.6. The van der Waals surface area contributed by atoms with Crippen molar-refractivity contribution in [3.63, 3.8) is 0 Å². The molecule has 1 aromatic carbocycles. The molecular weight excluding hydrogens is 360 g/mol. The lowest BCUT2D eigenvalue weighted by Crippen LogP contribution is -2.40. The number of hydrogen-bond acceptors (Lipinski definition) is 5. The highest BCUT2D eigenvalue weighted by atomic mass is 16.5. The van der Waals surface area contributed by atoms with Gasteiger partial charge >= 0.3 is 12.1 Å². The molecule has 1 saturated heterocycles. The Hall–Kier alpha value is -2.87. The van der Waals surface area contributed by atoms with E-state index in [4.69, 9.17) is 9.47 Å². The molecule has 0 aromatic heterocycles. The second-order valence-electron chi connectivity index (χ2n) is 7.12. The van der Waals surface area contributed by atoms with Gasteiger partial charge in [-0.3, -0.25) is 9.69 Å². The molecular formula is C20H24N4O4. The van der Waals surface area contributed by atoms with Crippen molar-refractivity contribution in [1.82, 2.24) is 15.1 Å². The lowest BCUT2D eigenvalue weighted by molar-refractivity contribution is -0.118. The van der Waals surface area contributed by atoms with Crippen molar-refractivity contribution in [3.8, 4) is 0 Å². The van der Waals surface area contributed by atoms with Gasteiger partial charge < -0.3 is 19.7 Å². The van der Waals surface area contributed by atoms with Gasteiger partial charge in [0.2, 0.25) is 0 Å². The number of fused-ring (bicyclic) bond motifs is 1. The summed E-state index contributed by atoms with van der Waals surface area (Å²) < 4.78 is 10.8. The molecule has 148 valence electrons. The van der Waals surface area contributed by atoms with Crippen LogP contribution in [0.1, 0.15) is 18.4 Å². The average Bonchev–Trinajstić information content (AvgIpc) is 3.06. The molecule has 3 amide bonds. The van der Waals surface area contributed by atoms with Crippen LogP contribution in [0.25, 0.3) is 0 Å². The minimum atomic E-state index is -0.362. The van der Waals surface area contributed by atoms with E-state index in [2.05, 4.69) is 10.3 Å². The van der Waals surface area contributed by atoms with Crippen LogP contribution in [-0.2, 0) is 20.8 Å². The van der Waals surface area contributed by atoms with E-state index >= 15 is 0 Å². The van der Waals surface area contributed by atoms with Crippen LogP contribution in [0.3, 0.4) is 0 Å². The fourth-order valence-electron chi connectivity index (χ4n) is 3.52. The van der Waals surface area contributed by atoms with Crippen LogP contribution >= 0.6 is 0 Å². The Morgan fingerprint density at radius 1 is 1.18 bits per heavy atom. The number of amides is 3. The maximum Gasteiger partial charge on any atom is 0.348 e. The summed E-state index contributed by atoms with van der Waals surface area (Å²) in [4.78, 5) is 32.5. The van der Waals surface area contributed by atoms with Gasteiger partial charge in [0.05, 0.1) is 0 Å². The minimum absolute atomic E-state index is 0.164. The normalized spacial score (nSPS) is 20.1. The molecule has 0 saturated carbocycles. The molecule has 28 heavy (non-hydrogen) atoms. The van der Waals surface area contributed by atoms with Crippen molar-refractivity contribution in [3.05, 3.63) is 47.9 Å². The summed E-state index contributed by atoms with van der Waals surface area (Å²) >= 11 is 0. The first-order chi connectivity index (χ1) is 13.7. The Balaban J connectivity index is 1.36. The van der Waals surface area contributed by atoms with Crippen LogP contribution in [0.5, 0.6) is 0 Å². The topological polar surface area (TPSA) is 83.5 Å². The second kappa shape index (κ2) is 8.43. The predicted octanol–water partition coefficient (Wildman–Crippen LogP) is 1.69. The van der Waals surface area contributed by atoms with Crippen LogP contribution < -0.4 is 5.32 Å². The lowest BCUT2D eigenvalue weighted by atomic mass is 10.0. The Kier molecular flexibility index (Phi) is 5.57. The summed E-state index contributed by atoms with van der Waals surface area (Å²) in [5, 5.41) is 2.97. The summed E-state index contributed by atoms with van der Waals surface area (Å²) in [6, 6.07) is 9.56. The van der Waals surface area contributed by atoms with Gasteiger partial charge in [0.1, 0.15) is 12.0 Å². The summed E-state index contributed by atoms with van der Waals surface area (Å²) in [5.41, 5.74) is 1.42. The molecule has 4 rings (SSSR count). The first kappa shape index (κ1) is 18.5. The van der Waals surface area contributed by atoms with Crippen LogP contribution in [-0.4, -0.2) is 60.6 Å². The number of amidine groups is 1. The number of ether oxygens (including phenoxy) is 2. The van der Waals surface area contributed by atoms with Crippen LogP contribution in [0.2, 0.25) is 0 Å². The third kappa shape index (κ3) is 4.17. The molecule has 3 aliphatic heterocycles. The van der Waals surface area contributed by atoms with E-state index in [1.807, 2.05) is 30.3 Å². The van der Waals surface area contributed by atoms with E-state index in [0.29, 0.717) is 37.8 Å². The van der Waals surface area contributed by atoms with Crippen LogP contribution in [0.4, 0.5) is 4.79 Å². The van der Waals surface area contributed by atoms with Crippen LogP contribution in [0, 0.1) is 5.92 Å². The highest BCUT2D eigenvalue weighted by Gasteiger charge is 2.34. The molecule has 8 heteroatoms. The maximum absolute atomic E-state index is 12.6. The monoisotopic (exact) mass is 384 g/mol. The third-order valence-electron chi connectivity index (χ3n) is 5.19. The van der Waals surface area contributed by atoms with Gasteiger partial charge in [0, 0.05) is 39.4 Å². The zero-order valence-corrected chi connectivity index (χ0v) is 15.7. The van der Waals surface area contributed by atoms with Gasteiger partial charge in [-0.1, -0.05) is 30.3 Å². The van der Waals surface area contributed by atoms with E-state index in [-0.39, 0.29) is 18.0 Å². The van der Waals surface area contributed by atoms with E-state index < -0.39 is 0 Å². The molecule has 3 aliphatic rings. The van der Waals surface area contributed by atoms with Crippen molar-refractivity contribution in [2.45, 2.75) is 19.4 Å². The van der Waals surface area contributed by atoms with E-state index in [1.54, 1.807) is 9.80 Å². The van der Waals surface area contributed by atoms with Gasteiger partial charge in [-0.05, 0) is 24.3 Å². The molecule has 0 unspecified atom stereocenters. The summed E-state index contributed by atoms with van der Waals surface area (Å²) in [5.74, 6) is 0.224. The minimum Gasteiger partial charge on any atom is -0.431 e. The van der Waals surface area contributed by atoms with Crippen molar-refractivity contribution < 1.29 is 19.1 Å². The molecule has 8 nitrogen and oxygen atoms in total. The van der Waals surface area contributed by atoms with Crippen molar-refractivity contribution in [1.29, 1.82) is 0 Å².